The lowest BCUT2D eigenvalue weighted by Crippen LogP contribution is -1.93. The number of benzene rings is 1. The Bertz CT molecular complexity index is 852. The van der Waals surface area contributed by atoms with Crippen molar-refractivity contribution in [1.82, 2.24) is 9.97 Å². The van der Waals surface area contributed by atoms with E-state index in [1.54, 1.807) is 42.7 Å². The molecule has 0 unspecified atom stereocenters. The first-order valence-corrected chi connectivity index (χ1v) is 7.26. The van der Waals surface area contributed by atoms with E-state index in [0.29, 0.717) is 17.0 Å². The number of nitro groups is 1. The lowest BCUT2D eigenvalue weighted by atomic mass is 10.0. The molecule has 0 bridgehead atoms. The Labute approximate surface area is 135 Å². The van der Waals surface area contributed by atoms with E-state index in [0.717, 1.165) is 10.0 Å². The number of nitro benzene ring substituents is 1. The molecule has 0 saturated carbocycles. The highest BCUT2D eigenvalue weighted by Gasteiger charge is 2.15. The standard InChI is InChI=1S/C16H10BrN3O2/c17-12-6-8-19-15(10-12)14-9-11(5-7-18-14)13-3-1-2-4-16(13)20(21)22/h1-10H. The fourth-order valence-corrected chi connectivity index (χ4v) is 2.49. The van der Waals surface area contributed by atoms with E-state index in [2.05, 4.69) is 25.9 Å². The van der Waals surface area contributed by atoms with Crippen molar-refractivity contribution in [2.75, 3.05) is 0 Å². The first-order valence-electron chi connectivity index (χ1n) is 6.47. The summed E-state index contributed by atoms with van der Waals surface area (Å²) in [6, 6.07) is 13.9. The lowest BCUT2D eigenvalue weighted by Gasteiger charge is -2.05. The molecule has 0 aliphatic carbocycles. The summed E-state index contributed by atoms with van der Waals surface area (Å²) in [5.74, 6) is 0. The van der Waals surface area contributed by atoms with Gasteiger partial charge in [-0.2, -0.15) is 0 Å². The molecule has 0 N–H and O–H groups in total. The quantitative estimate of drug-likeness (QED) is 0.512. The van der Waals surface area contributed by atoms with Crippen LogP contribution in [0.5, 0.6) is 0 Å². The van der Waals surface area contributed by atoms with E-state index >= 15 is 0 Å². The minimum Gasteiger partial charge on any atom is -0.258 e. The van der Waals surface area contributed by atoms with Crippen molar-refractivity contribution in [1.29, 1.82) is 0 Å². The number of hydrogen-bond acceptors (Lipinski definition) is 4. The van der Waals surface area contributed by atoms with Crippen LogP contribution in [0.3, 0.4) is 0 Å². The smallest absolute Gasteiger partial charge is 0.258 e. The maximum Gasteiger partial charge on any atom is 0.277 e. The van der Waals surface area contributed by atoms with Crippen molar-refractivity contribution < 1.29 is 4.92 Å². The first kappa shape index (κ1) is 14.3. The van der Waals surface area contributed by atoms with Gasteiger partial charge in [0.05, 0.1) is 21.9 Å². The molecule has 0 saturated heterocycles. The van der Waals surface area contributed by atoms with E-state index in [1.807, 2.05) is 12.1 Å². The molecule has 108 valence electrons. The Hall–Kier alpha value is -2.60. The Balaban J connectivity index is 2.11. The van der Waals surface area contributed by atoms with E-state index in [9.17, 15) is 10.1 Å². The summed E-state index contributed by atoms with van der Waals surface area (Å²) in [6.07, 6.45) is 3.31. The first-order chi connectivity index (χ1) is 10.6. The average molecular weight is 356 g/mol. The van der Waals surface area contributed by atoms with E-state index in [4.69, 9.17) is 0 Å². The zero-order valence-electron chi connectivity index (χ0n) is 11.3. The number of para-hydroxylation sites is 1. The summed E-state index contributed by atoms with van der Waals surface area (Å²) < 4.78 is 0.899. The average Bonchev–Trinajstić information content (AvgIpc) is 2.55. The second kappa shape index (κ2) is 6.03. The third kappa shape index (κ3) is 2.87. The molecule has 6 heteroatoms. The van der Waals surface area contributed by atoms with E-state index in [-0.39, 0.29) is 10.6 Å². The third-order valence-corrected chi connectivity index (χ3v) is 3.65. The molecule has 0 spiro atoms. The van der Waals surface area contributed by atoms with Gasteiger partial charge >= 0.3 is 0 Å². The predicted molar refractivity (Wildman–Crippen MR) is 87.3 cm³/mol. The molecule has 2 aromatic heterocycles. The van der Waals surface area contributed by atoms with E-state index < -0.39 is 0 Å². The van der Waals surface area contributed by atoms with Crippen LogP contribution in [0, 0.1) is 10.1 Å². The highest BCUT2D eigenvalue weighted by atomic mass is 79.9. The Morgan fingerprint density at radius 1 is 0.955 bits per heavy atom. The van der Waals surface area contributed by atoms with Crippen LogP contribution in [0.1, 0.15) is 0 Å². The second-order valence-electron chi connectivity index (χ2n) is 4.56. The van der Waals surface area contributed by atoms with Crippen LogP contribution in [0.25, 0.3) is 22.5 Å². The van der Waals surface area contributed by atoms with Gasteiger partial charge < -0.3 is 0 Å². The number of rotatable bonds is 3. The van der Waals surface area contributed by atoms with Crippen LogP contribution in [0.2, 0.25) is 0 Å². The zero-order chi connectivity index (χ0) is 15.5. The zero-order valence-corrected chi connectivity index (χ0v) is 12.9. The van der Waals surface area contributed by atoms with Crippen molar-refractivity contribution in [2.45, 2.75) is 0 Å². The summed E-state index contributed by atoms with van der Waals surface area (Å²) in [5, 5.41) is 11.2. The van der Waals surface area contributed by atoms with Gasteiger partial charge in [0.2, 0.25) is 0 Å². The molecule has 3 aromatic rings. The number of pyridine rings is 2. The largest absolute Gasteiger partial charge is 0.277 e. The molecule has 2 heterocycles. The number of aromatic nitrogens is 2. The van der Waals surface area contributed by atoms with Crippen molar-refractivity contribution in [3.8, 4) is 22.5 Å². The fraction of sp³-hybridized carbons (Fsp3) is 0. The molecule has 0 aliphatic heterocycles. The van der Waals surface area contributed by atoms with Crippen molar-refractivity contribution in [3.05, 3.63) is 75.5 Å². The molecule has 5 nitrogen and oxygen atoms in total. The van der Waals surface area contributed by atoms with Crippen LogP contribution < -0.4 is 0 Å². The van der Waals surface area contributed by atoms with Gasteiger partial charge in [0.25, 0.3) is 5.69 Å². The van der Waals surface area contributed by atoms with Gasteiger partial charge in [0.1, 0.15) is 0 Å². The molecule has 22 heavy (non-hydrogen) atoms. The highest BCUT2D eigenvalue weighted by molar-refractivity contribution is 9.10. The monoisotopic (exact) mass is 355 g/mol. The summed E-state index contributed by atoms with van der Waals surface area (Å²) >= 11 is 3.40. The van der Waals surface area contributed by atoms with Gasteiger partial charge in [-0.25, -0.2) is 0 Å². The maximum atomic E-state index is 11.2. The van der Waals surface area contributed by atoms with Gasteiger partial charge in [-0.3, -0.25) is 20.1 Å². The number of nitrogens with zero attached hydrogens (tertiary/aromatic N) is 3. The Morgan fingerprint density at radius 2 is 1.64 bits per heavy atom. The molecule has 3 rings (SSSR count). The van der Waals surface area contributed by atoms with Gasteiger partial charge in [-0.1, -0.05) is 28.1 Å². The van der Waals surface area contributed by atoms with Gasteiger partial charge in [-0.05, 0) is 35.9 Å². The minimum absolute atomic E-state index is 0.0712. The fourth-order valence-electron chi connectivity index (χ4n) is 2.16. The summed E-state index contributed by atoms with van der Waals surface area (Å²) in [7, 11) is 0. The second-order valence-corrected chi connectivity index (χ2v) is 5.48. The van der Waals surface area contributed by atoms with Crippen molar-refractivity contribution in [3.63, 3.8) is 0 Å². The Kier molecular flexibility index (Phi) is 3.93. The SMILES string of the molecule is O=[N+]([O-])c1ccccc1-c1ccnc(-c2cc(Br)ccn2)c1. The van der Waals surface area contributed by atoms with Gasteiger partial charge in [-0.15, -0.1) is 0 Å². The lowest BCUT2D eigenvalue weighted by molar-refractivity contribution is -0.384. The van der Waals surface area contributed by atoms with Crippen LogP contribution in [-0.4, -0.2) is 14.9 Å². The predicted octanol–water partition coefficient (Wildman–Crippen LogP) is 4.48. The van der Waals surface area contributed by atoms with Crippen LogP contribution in [0.4, 0.5) is 5.69 Å². The van der Waals surface area contributed by atoms with E-state index in [1.165, 1.54) is 6.07 Å². The molecule has 0 atom stereocenters. The molecule has 1 aromatic carbocycles. The number of hydrogen-bond donors (Lipinski definition) is 0. The molecule has 0 aliphatic rings. The van der Waals surface area contributed by atoms with Gasteiger partial charge in [0, 0.05) is 22.9 Å². The molecular weight excluding hydrogens is 346 g/mol. The molecular formula is C16H10BrN3O2. The van der Waals surface area contributed by atoms with Gasteiger partial charge in [0.15, 0.2) is 0 Å². The topological polar surface area (TPSA) is 68.9 Å². The number of halogens is 1. The Morgan fingerprint density at radius 3 is 2.36 bits per heavy atom. The normalized spacial score (nSPS) is 10.4. The van der Waals surface area contributed by atoms with Crippen LogP contribution >= 0.6 is 15.9 Å². The third-order valence-electron chi connectivity index (χ3n) is 3.16. The molecule has 0 amide bonds. The van der Waals surface area contributed by atoms with Crippen LogP contribution in [0.15, 0.2) is 65.4 Å². The summed E-state index contributed by atoms with van der Waals surface area (Å²) in [5.41, 5.74) is 2.74. The molecule has 0 fully saturated rings. The maximum absolute atomic E-state index is 11.2. The van der Waals surface area contributed by atoms with Crippen molar-refractivity contribution >= 4 is 21.6 Å². The van der Waals surface area contributed by atoms with Crippen LogP contribution in [-0.2, 0) is 0 Å². The molecule has 0 radical (unpaired) electrons. The summed E-state index contributed by atoms with van der Waals surface area (Å²) in [4.78, 5) is 19.4. The minimum atomic E-state index is -0.382. The van der Waals surface area contributed by atoms with Crippen molar-refractivity contribution in [2.24, 2.45) is 0 Å². The highest BCUT2D eigenvalue weighted by Crippen LogP contribution is 2.31. The summed E-state index contributed by atoms with van der Waals surface area (Å²) in [6.45, 7) is 0.